The average molecular weight is 833 g/mol. The van der Waals surface area contributed by atoms with E-state index in [1.165, 1.54) is 58.8 Å². The molecule has 1 aliphatic carbocycles. The van der Waals surface area contributed by atoms with Crippen LogP contribution in [0.1, 0.15) is 120 Å². The zero-order valence-corrected chi connectivity index (χ0v) is 32.6. The Hall–Kier alpha value is -3.43. The van der Waals surface area contributed by atoms with Crippen molar-refractivity contribution in [3.05, 3.63) is 94.2 Å². The summed E-state index contributed by atoms with van der Waals surface area (Å²) < 4.78 is 15.4. The van der Waals surface area contributed by atoms with E-state index in [-0.39, 0.29) is 37.4 Å². The molecule has 1 fully saturated rings. The fourth-order valence-electron chi connectivity index (χ4n) is 8.22. The number of pyridine rings is 1. The van der Waals surface area contributed by atoms with Crippen LogP contribution in [0.15, 0.2) is 53.7 Å². The maximum atomic E-state index is 6.76. The molecule has 2 aliphatic heterocycles. The number of nitrogens with zero attached hydrogens (tertiary/aromatic N) is 3. The van der Waals surface area contributed by atoms with Gasteiger partial charge in [-0.2, -0.15) is 6.07 Å². The number of aliphatic imine (C=N–C) groups is 1. The summed E-state index contributed by atoms with van der Waals surface area (Å²) >= 11 is 0. The van der Waals surface area contributed by atoms with E-state index in [2.05, 4.69) is 115 Å². The van der Waals surface area contributed by atoms with E-state index >= 15 is 0 Å². The van der Waals surface area contributed by atoms with Gasteiger partial charge in [0.1, 0.15) is 18.3 Å². The van der Waals surface area contributed by atoms with Gasteiger partial charge in [0.15, 0.2) is 0 Å². The predicted octanol–water partition coefficient (Wildman–Crippen LogP) is 10.7. The van der Waals surface area contributed by atoms with Crippen LogP contribution >= 0.6 is 0 Å². The normalized spacial score (nSPS) is 20.0. The van der Waals surface area contributed by atoms with Crippen LogP contribution in [0.5, 0.6) is 11.5 Å². The van der Waals surface area contributed by atoms with Gasteiger partial charge in [-0.25, -0.2) is 4.98 Å². The Morgan fingerprint density at radius 1 is 0.980 bits per heavy atom. The van der Waals surface area contributed by atoms with Gasteiger partial charge in [0, 0.05) is 34.2 Å². The molecule has 5 nitrogen and oxygen atoms in total. The summed E-state index contributed by atoms with van der Waals surface area (Å²) in [6.45, 7) is 20.9. The SMILES string of the molecule is Cc1cc2c3cc(C(C)(C)C)cc4c3n(c2[c-]c1Oc1[c-]c(C2=N[C@](C)(C3CCCC3)CO2)cc(C(C)C)c1)-c1ncccc1C4(C)C.[Pt+2]. The average Bonchev–Trinajstić information content (AvgIpc) is 3.79. The molecular formula is C43H47N3O2Pt. The minimum absolute atomic E-state index is 0. The second-order valence-electron chi connectivity index (χ2n) is 16.5. The van der Waals surface area contributed by atoms with E-state index in [9.17, 15) is 0 Å². The smallest absolute Gasteiger partial charge is 0.518 e. The standard InChI is InChI=1S/C43H47N3O2.Pt/c1-25(2)27-18-28(40-45-43(9,24-47-40)29-13-10-11-14-29)20-31(19-27)48-37-23-36-32(17-26(37)3)33-21-30(41(4,5)6)22-35-38(33)46(36)39-34(42(35,7)8)15-12-16-44-39;/h12,15-19,21-22,25,29H,10-11,13-14,24H2,1-9H3;/q-2;+2/t43-;/m0./s1. The molecule has 8 rings (SSSR count). The monoisotopic (exact) mass is 832 g/mol. The molecule has 3 aliphatic rings. The number of aryl methyl sites for hydroxylation is 1. The first-order chi connectivity index (χ1) is 22.7. The van der Waals surface area contributed by atoms with E-state index in [4.69, 9.17) is 19.5 Å². The molecule has 1 atom stereocenters. The molecule has 2 aromatic heterocycles. The molecule has 256 valence electrons. The predicted molar refractivity (Wildman–Crippen MR) is 195 cm³/mol. The Balaban J connectivity index is 0.00000378. The number of aromatic nitrogens is 2. The fourth-order valence-corrected chi connectivity index (χ4v) is 8.22. The van der Waals surface area contributed by atoms with Crippen molar-refractivity contribution < 1.29 is 30.5 Å². The Bertz CT molecular complexity index is 2140. The third-order valence-electron chi connectivity index (χ3n) is 11.3. The summed E-state index contributed by atoms with van der Waals surface area (Å²) in [7, 11) is 0. The minimum Gasteiger partial charge on any atom is -0.518 e. The van der Waals surface area contributed by atoms with Gasteiger partial charge in [0.25, 0.3) is 0 Å². The topological polar surface area (TPSA) is 48.6 Å². The number of fused-ring (bicyclic) bond motifs is 5. The Morgan fingerprint density at radius 2 is 1.73 bits per heavy atom. The third kappa shape index (κ3) is 5.46. The van der Waals surface area contributed by atoms with E-state index < -0.39 is 0 Å². The van der Waals surface area contributed by atoms with Crippen molar-refractivity contribution in [1.82, 2.24) is 9.55 Å². The molecule has 0 unspecified atom stereocenters. The van der Waals surface area contributed by atoms with Crippen LogP contribution in [0, 0.1) is 25.0 Å². The zero-order valence-electron chi connectivity index (χ0n) is 30.3. The van der Waals surface area contributed by atoms with Crippen molar-refractivity contribution in [3.63, 3.8) is 0 Å². The van der Waals surface area contributed by atoms with Crippen molar-refractivity contribution in [3.8, 4) is 17.3 Å². The Kier molecular flexibility index (Phi) is 8.22. The van der Waals surface area contributed by atoms with Crippen LogP contribution in [-0.2, 0) is 36.6 Å². The van der Waals surface area contributed by atoms with Crippen LogP contribution in [0.3, 0.4) is 0 Å². The van der Waals surface area contributed by atoms with Crippen molar-refractivity contribution in [2.24, 2.45) is 10.9 Å². The number of benzene rings is 3. The van der Waals surface area contributed by atoms with Gasteiger partial charge in [-0.05, 0) is 59.6 Å². The van der Waals surface area contributed by atoms with Gasteiger partial charge in [0.05, 0.1) is 5.54 Å². The first-order valence-electron chi connectivity index (χ1n) is 17.7. The Morgan fingerprint density at radius 3 is 2.45 bits per heavy atom. The molecule has 0 N–H and O–H groups in total. The quantitative estimate of drug-likeness (QED) is 0.166. The zero-order chi connectivity index (χ0) is 33.7. The van der Waals surface area contributed by atoms with Crippen molar-refractivity contribution in [2.45, 2.75) is 110 Å². The molecule has 0 amide bonds. The molecule has 0 radical (unpaired) electrons. The second-order valence-corrected chi connectivity index (χ2v) is 16.5. The first kappa shape index (κ1) is 34.0. The number of hydrogen-bond acceptors (Lipinski definition) is 4. The summed E-state index contributed by atoms with van der Waals surface area (Å²) in [5.74, 6) is 3.87. The van der Waals surface area contributed by atoms with Crippen LogP contribution < -0.4 is 4.74 Å². The maximum Gasteiger partial charge on any atom is 2.00 e. The number of hydrogen-bond donors (Lipinski definition) is 0. The largest absolute Gasteiger partial charge is 2.00 e. The molecular weight excluding hydrogens is 786 g/mol. The van der Waals surface area contributed by atoms with E-state index in [1.54, 1.807) is 0 Å². The van der Waals surface area contributed by atoms with Gasteiger partial charge < -0.3 is 14.0 Å². The van der Waals surface area contributed by atoms with Gasteiger partial charge in [-0.1, -0.05) is 110 Å². The van der Waals surface area contributed by atoms with Gasteiger partial charge in [-0.3, -0.25) is 4.99 Å². The molecule has 1 saturated carbocycles. The van der Waals surface area contributed by atoms with Gasteiger partial charge in [0.2, 0.25) is 0 Å². The summed E-state index contributed by atoms with van der Waals surface area (Å²) in [6.07, 6.45) is 6.93. The third-order valence-corrected chi connectivity index (χ3v) is 11.3. The second kappa shape index (κ2) is 11.8. The molecule has 0 bridgehead atoms. The van der Waals surface area contributed by atoms with Crippen LogP contribution in [0.4, 0.5) is 0 Å². The molecule has 49 heavy (non-hydrogen) atoms. The molecule has 4 heterocycles. The van der Waals surface area contributed by atoms with E-state index in [0.717, 1.165) is 27.8 Å². The summed E-state index contributed by atoms with van der Waals surface area (Å²) in [6, 6.07) is 22.9. The minimum atomic E-state index is -0.205. The van der Waals surface area contributed by atoms with E-state index in [1.807, 2.05) is 12.3 Å². The molecule has 0 saturated heterocycles. The summed E-state index contributed by atoms with van der Waals surface area (Å²) in [5.41, 5.74) is 8.72. The van der Waals surface area contributed by atoms with Gasteiger partial charge in [-0.15, -0.1) is 28.6 Å². The molecule has 0 spiro atoms. The van der Waals surface area contributed by atoms with Crippen LogP contribution in [0.25, 0.3) is 27.6 Å². The summed E-state index contributed by atoms with van der Waals surface area (Å²) in [4.78, 5) is 10.2. The summed E-state index contributed by atoms with van der Waals surface area (Å²) in [5, 5.41) is 2.40. The first-order valence-corrected chi connectivity index (χ1v) is 17.7. The van der Waals surface area contributed by atoms with Crippen LogP contribution in [0.2, 0.25) is 0 Å². The fraction of sp³-hybridized carbons (Fsp3) is 0.442. The molecule has 3 aromatic carbocycles. The van der Waals surface area contributed by atoms with Crippen molar-refractivity contribution in [1.29, 1.82) is 0 Å². The number of ether oxygens (including phenoxy) is 2. The Labute approximate surface area is 305 Å². The number of rotatable bonds is 5. The van der Waals surface area contributed by atoms with Crippen molar-refractivity contribution in [2.75, 3.05) is 6.61 Å². The van der Waals surface area contributed by atoms with Gasteiger partial charge >= 0.3 is 21.1 Å². The van der Waals surface area contributed by atoms with E-state index in [0.29, 0.717) is 35.8 Å². The van der Waals surface area contributed by atoms with Crippen LogP contribution in [-0.4, -0.2) is 27.6 Å². The maximum absolute atomic E-state index is 6.76. The molecule has 5 aromatic rings. The van der Waals surface area contributed by atoms with Crippen molar-refractivity contribution >= 4 is 27.7 Å². The molecule has 6 heteroatoms.